The molecule has 0 radical (unpaired) electrons. The molecule has 4 aromatic rings. The van der Waals surface area contributed by atoms with Gasteiger partial charge in [-0.15, -0.1) is 11.6 Å². The normalized spacial score (nSPS) is 10.2. The lowest BCUT2D eigenvalue weighted by Gasteiger charge is -2.13. The maximum atomic E-state index is 4.64. The van der Waals surface area contributed by atoms with Gasteiger partial charge in [-0.3, -0.25) is 0 Å². The molecule has 1 atom stereocenters. The molecule has 7 heteroatoms. The van der Waals surface area contributed by atoms with E-state index in [9.17, 15) is 0 Å². The van der Waals surface area contributed by atoms with Gasteiger partial charge in [0.1, 0.15) is 0 Å². The van der Waals surface area contributed by atoms with Gasteiger partial charge in [0.2, 0.25) is 5.52 Å². The Morgan fingerprint density at radius 1 is 0.692 bits per heavy atom. The van der Waals surface area contributed by atoms with Crippen molar-refractivity contribution in [2.24, 2.45) is 0 Å². The van der Waals surface area contributed by atoms with Crippen LogP contribution in [0.1, 0.15) is 109 Å². The number of alkyl halides is 1. The third-order valence-electron chi connectivity index (χ3n) is 6.00. The number of benzene rings is 3. The van der Waals surface area contributed by atoms with Crippen LogP contribution in [0.15, 0.2) is 103 Å². The minimum Gasteiger partial charge on any atom is -0.381 e. The van der Waals surface area contributed by atoms with Crippen LogP contribution < -0.4 is 25.8 Å². The molecule has 294 valence electrons. The molecule has 0 saturated heterocycles. The van der Waals surface area contributed by atoms with Crippen LogP contribution in [-0.4, -0.2) is 26.6 Å². The first-order chi connectivity index (χ1) is 25.6. The molecule has 1 aliphatic heterocycles. The Hall–Kier alpha value is -3.53. The zero-order valence-electron chi connectivity index (χ0n) is 36.2. The van der Waals surface area contributed by atoms with Crippen molar-refractivity contribution in [3.63, 3.8) is 0 Å². The number of aromatic nitrogens is 1. The van der Waals surface area contributed by atoms with Crippen LogP contribution in [0, 0.1) is 0 Å². The van der Waals surface area contributed by atoms with Gasteiger partial charge in [0.25, 0.3) is 0 Å². The molecule has 2 heterocycles. The summed E-state index contributed by atoms with van der Waals surface area (Å²) in [4.78, 5) is 5.46. The van der Waals surface area contributed by atoms with Crippen molar-refractivity contribution in [3.05, 3.63) is 108 Å². The molecule has 1 aromatic heterocycles. The van der Waals surface area contributed by atoms with Crippen LogP contribution in [0.25, 0.3) is 10.9 Å². The summed E-state index contributed by atoms with van der Waals surface area (Å²) >= 11 is 4.64. The molecule has 0 saturated carbocycles. The second kappa shape index (κ2) is 40.2. The fourth-order valence-corrected chi connectivity index (χ4v) is 4.85. The number of aromatic amines is 1. The van der Waals surface area contributed by atoms with E-state index >= 15 is 0 Å². The van der Waals surface area contributed by atoms with E-state index < -0.39 is 0 Å². The smallest absolute Gasteiger partial charge is 0.214 e. The number of hydrogen-bond acceptors (Lipinski definition) is 4. The molecule has 0 fully saturated rings. The van der Waals surface area contributed by atoms with Crippen LogP contribution >= 0.6 is 20.2 Å². The summed E-state index contributed by atoms with van der Waals surface area (Å²) in [6.45, 7) is 29.0. The second-order valence-corrected chi connectivity index (χ2v) is 10.7. The summed E-state index contributed by atoms with van der Waals surface area (Å²) in [5, 5.41) is 11.8. The van der Waals surface area contributed by atoms with Crippen LogP contribution in [-0.2, 0) is 6.54 Å². The van der Waals surface area contributed by atoms with E-state index in [1.807, 2.05) is 89.3 Å². The molecule has 3 aromatic carbocycles. The van der Waals surface area contributed by atoms with Crippen molar-refractivity contribution in [2.45, 2.75) is 110 Å². The van der Waals surface area contributed by atoms with Gasteiger partial charge in [-0.1, -0.05) is 136 Å². The van der Waals surface area contributed by atoms with Gasteiger partial charge in [-0.25, -0.2) is 4.98 Å². The largest absolute Gasteiger partial charge is 0.381 e. The summed E-state index contributed by atoms with van der Waals surface area (Å²) in [7, 11) is 5.01. The number of nitrogens with one attached hydrogen (secondary N) is 4. The number of halogens is 1. The Kier molecular flexibility index (Phi) is 42.7. The molecule has 0 spiro atoms. The maximum Gasteiger partial charge on any atom is 0.214 e. The van der Waals surface area contributed by atoms with E-state index in [0.717, 1.165) is 54.9 Å². The molecule has 1 aliphatic rings. The topological polar surface area (TPSA) is 53.5 Å². The average Bonchev–Trinajstić information content (AvgIpc) is 3.23. The van der Waals surface area contributed by atoms with Crippen LogP contribution in [0.3, 0.4) is 0 Å². The van der Waals surface area contributed by atoms with Crippen LogP contribution in [0.5, 0.6) is 0 Å². The summed E-state index contributed by atoms with van der Waals surface area (Å²) in [6.07, 6.45) is 10.3. The molecular weight excluding hydrogens is 677 g/mol. The number of nitrogens with zero attached hydrogens (tertiary/aromatic N) is 1. The molecule has 5 nitrogen and oxygen atoms in total. The maximum absolute atomic E-state index is 4.64. The highest BCUT2D eigenvalue weighted by atomic mass is 35.5. The van der Waals surface area contributed by atoms with E-state index in [-0.39, 0.29) is 0 Å². The number of fused-ring (bicyclic) bond motifs is 1. The van der Waals surface area contributed by atoms with Crippen molar-refractivity contribution in [1.29, 1.82) is 0 Å². The average molecular weight is 756 g/mol. The molecule has 1 unspecified atom stereocenters. The van der Waals surface area contributed by atoms with E-state index in [1.54, 1.807) is 0 Å². The highest BCUT2D eigenvalue weighted by Gasteiger charge is 2.09. The first-order valence-electron chi connectivity index (χ1n) is 19.6. The molecule has 52 heavy (non-hydrogen) atoms. The third kappa shape index (κ3) is 23.1. The first-order valence-corrected chi connectivity index (χ1v) is 21.7. The van der Waals surface area contributed by atoms with Gasteiger partial charge < -0.3 is 20.9 Å². The molecule has 0 aliphatic carbocycles. The first kappa shape index (κ1) is 55.2. The lowest BCUT2D eigenvalue weighted by atomic mass is 10.1. The zero-order valence-corrected chi connectivity index (χ0v) is 37.9. The Bertz CT molecular complexity index is 1400. The zero-order chi connectivity index (χ0) is 40.7. The van der Waals surface area contributed by atoms with Crippen molar-refractivity contribution in [2.75, 3.05) is 47.5 Å². The summed E-state index contributed by atoms with van der Waals surface area (Å²) in [5.41, 5.74) is 9.04. The van der Waals surface area contributed by atoms with Crippen molar-refractivity contribution in [1.82, 2.24) is 0 Å². The minimum atomic E-state index is 0.770. The van der Waals surface area contributed by atoms with Gasteiger partial charge in [0.15, 0.2) is 6.20 Å². The van der Waals surface area contributed by atoms with Gasteiger partial charge in [-0.05, 0) is 66.3 Å². The third-order valence-corrected chi connectivity index (χ3v) is 6.84. The van der Waals surface area contributed by atoms with Crippen molar-refractivity contribution < 1.29 is 4.98 Å². The minimum absolute atomic E-state index is 0.770. The number of rotatable bonds is 8. The van der Waals surface area contributed by atoms with Gasteiger partial charge in [-0.2, -0.15) is 0 Å². The fraction of sp³-hybridized carbons (Fsp3) is 0.444. The van der Waals surface area contributed by atoms with Gasteiger partial charge in [0.05, 0.1) is 11.1 Å². The number of hydrogen-bond donors (Lipinski definition) is 3. The molecule has 0 amide bonds. The SMILES string of the molecule is CC.CC.CC.CC.CC.CC.CCC.CCl.CN(C)c1ccc2c(Nc3ccc(NCc4cccc(NC5=CCPC=C5)c4)cc3)cc[nH+]c2c1. The molecule has 0 bridgehead atoms. The molecule has 5 rings (SSSR count). The Balaban J connectivity index is -0.000000594. The van der Waals surface area contributed by atoms with Crippen LogP contribution in [0.2, 0.25) is 0 Å². The quantitative estimate of drug-likeness (QED) is 0.124. The number of anilines is 5. The summed E-state index contributed by atoms with van der Waals surface area (Å²) < 4.78 is 0. The molecular formula is C45H78ClN5P+. The Labute approximate surface area is 328 Å². The predicted octanol–water partition coefficient (Wildman–Crippen LogP) is 15.0. The van der Waals surface area contributed by atoms with E-state index in [2.05, 4.69) is 156 Å². The monoisotopic (exact) mass is 755 g/mol. The second-order valence-electron chi connectivity index (χ2n) is 9.51. The van der Waals surface area contributed by atoms with E-state index in [1.165, 1.54) is 29.8 Å². The van der Waals surface area contributed by atoms with Crippen LogP contribution in [0.4, 0.5) is 28.4 Å². The summed E-state index contributed by atoms with van der Waals surface area (Å²) in [5.74, 6) is 2.24. The predicted molar refractivity (Wildman–Crippen MR) is 248 cm³/mol. The number of H-pyrrole nitrogens is 1. The Morgan fingerprint density at radius 2 is 1.27 bits per heavy atom. The molecule has 4 N–H and O–H groups in total. The van der Waals surface area contributed by atoms with E-state index in [0.29, 0.717) is 0 Å². The number of allylic oxidation sites excluding steroid dienone is 2. The fourth-order valence-electron chi connectivity index (χ4n) is 4.08. The van der Waals surface area contributed by atoms with Crippen molar-refractivity contribution >= 4 is 59.5 Å². The van der Waals surface area contributed by atoms with Gasteiger partial charge >= 0.3 is 0 Å². The summed E-state index contributed by atoms with van der Waals surface area (Å²) in [6, 6.07) is 25.6. The van der Waals surface area contributed by atoms with Crippen molar-refractivity contribution in [3.8, 4) is 0 Å². The Morgan fingerprint density at radius 3 is 1.81 bits per heavy atom. The van der Waals surface area contributed by atoms with Gasteiger partial charge in [0, 0.05) is 67.6 Å². The number of pyridine rings is 1. The van der Waals surface area contributed by atoms with E-state index in [4.69, 9.17) is 0 Å². The highest BCUT2D eigenvalue weighted by molar-refractivity contribution is 7.41. The lowest BCUT2D eigenvalue weighted by molar-refractivity contribution is -0.344. The lowest BCUT2D eigenvalue weighted by Crippen LogP contribution is -2.10. The standard InChI is InChI=1S/C29H30N5P.C3H8.6C2H6.CH3Cl/c1-34(2)26-10-11-27-28(12-15-30-29(27)19-26)33-23-8-6-22(7-9-23)31-20-21-4-3-5-25(18-21)32-24-13-16-35-17-14-24;1-3-2;7*1-2/h3-16,18-19,31-32,35H,17,20H2,1-2H3,(H,30,33);3H2,1-2H3;6*1-2H3;1H3/p+1. The highest BCUT2D eigenvalue weighted by Crippen LogP contribution is 2.27.